The maximum atomic E-state index is 12.9. The summed E-state index contributed by atoms with van der Waals surface area (Å²) >= 11 is 0. The third-order valence-corrected chi connectivity index (χ3v) is 2.84. The van der Waals surface area contributed by atoms with Crippen molar-refractivity contribution in [1.82, 2.24) is 4.90 Å². The van der Waals surface area contributed by atoms with Crippen LogP contribution in [-0.4, -0.2) is 24.5 Å². The van der Waals surface area contributed by atoms with Crippen molar-refractivity contribution in [3.05, 3.63) is 35.4 Å². The quantitative estimate of drug-likeness (QED) is 0.742. The van der Waals surface area contributed by atoms with Crippen LogP contribution in [0.4, 0.5) is 8.78 Å². The van der Waals surface area contributed by atoms with E-state index in [1.165, 1.54) is 25.0 Å². The lowest BCUT2D eigenvalue weighted by atomic mass is 10.1. The van der Waals surface area contributed by atoms with Gasteiger partial charge in [-0.3, -0.25) is 0 Å². The number of hydrogen-bond donors (Lipinski definition) is 0. The predicted octanol–water partition coefficient (Wildman–Crippen LogP) is 2.60. The summed E-state index contributed by atoms with van der Waals surface area (Å²) in [7, 11) is 0. The van der Waals surface area contributed by atoms with E-state index in [0.29, 0.717) is 0 Å². The molecule has 0 atom stereocenters. The molecule has 82 valence electrons. The third-order valence-electron chi connectivity index (χ3n) is 2.84. The molecule has 1 aliphatic rings. The summed E-state index contributed by atoms with van der Waals surface area (Å²) in [5.74, 6) is -0.960. The number of hydrogen-bond acceptors (Lipinski definition) is 1. The Kier molecular flexibility index (Phi) is 3.31. The molecular formula is C12H15F2N. The Balaban J connectivity index is 1.92. The summed E-state index contributed by atoms with van der Waals surface area (Å²) < 4.78 is 25.7. The number of benzene rings is 1. The number of nitrogens with zero attached hydrogens (tertiary/aromatic N) is 1. The van der Waals surface area contributed by atoms with Crippen LogP contribution in [-0.2, 0) is 6.42 Å². The molecule has 0 spiro atoms. The zero-order valence-electron chi connectivity index (χ0n) is 8.68. The highest BCUT2D eigenvalue weighted by atomic mass is 19.1. The lowest BCUT2D eigenvalue weighted by molar-refractivity contribution is 0.343. The molecule has 1 saturated heterocycles. The van der Waals surface area contributed by atoms with E-state index in [1.54, 1.807) is 0 Å². The maximum absolute atomic E-state index is 12.9. The summed E-state index contributed by atoms with van der Waals surface area (Å²) in [6, 6.07) is 3.75. The molecule has 1 aromatic rings. The summed E-state index contributed by atoms with van der Waals surface area (Å²) in [4.78, 5) is 2.34. The van der Waals surface area contributed by atoms with Crippen LogP contribution < -0.4 is 0 Å². The van der Waals surface area contributed by atoms with Crippen molar-refractivity contribution in [2.45, 2.75) is 19.3 Å². The van der Waals surface area contributed by atoms with Crippen LogP contribution in [0.2, 0.25) is 0 Å². The van der Waals surface area contributed by atoms with Gasteiger partial charge in [0.1, 0.15) is 11.6 Å². The molecule has 0 aliphatic carbocycles. The Morgan fingerprint density at radius 2 is 1.60 bits per heavy atom. The molecule has 0 amide bonds. The minimum atomic E-state index is -0.480. The highest BCUT2D eigenvalue weighted by molar-refractivity contribution is 5.18. The number of likely N-dealkylation sites (tertiary alicyclic amines) is 1. The molecule has 0 N–H and O–H groups in total. The van der Waals surface area contributed by atoms with Crippen LogP contribution in [0.25, 0.3) is 0 Å². The maximum Gasteiger partial charge on any atom is 0.126 e. The Bertz CT molecular complexity index is 312. The Labute approximate surface area is 88.7 Å². The smallest absolute Gasteiger partial charge is 0.126 e. The fraction of sp³-hybridized carbons (Fsp3) is 0.500. The van der Waals surface area contributed by atoms with Crippen LogP contribution in [0.1, 0.15) is 18.4 Å². The normalized spacial score (nSPS) is 17.2. The monoisotopic (exact) mass is 211 g/mol. The van der Waals surface area contributed by atoms with E-state index >= 15 is 0 Å². The molecule has 3 heteroatoms. The van der Waals surface area contributed by atoms with Crippen LogP contribution in [0.15, 0.2) is 18.2 Å². The minimum Gasteiger partial charge on any atom is -0.303 e. The number of rotatable bonds is 3. The first kappa shape index (κ1) is 10.6. The molecule has 0 radical (unpaired) electrons. The standard InChI is InChI=1S/C12H15F2N/c13-11-7-10(8-12(14)9-11)3-6-15-4-1-2-5-15/h7-9H,1-6H2. The van der Waals surface area contributed by atoms with E-state index in [9.17, 15) is 8.78 Å². The Hall–Kier alpha value is -0.960. The van der Waals surface area contributed by atoms with Crippen LogP contribution in [0.3, 0.4) is 0 Å². The molecule has 1 fully saturated rings. The van der Waals surface area contributed by atoms with Crippen LogP contribution in [0, 0.1) is 11.6 Å². The lowest BCUT2D eigenvalue weighted by Gasteiger charge is -2.14. The van der Waals surface area contributed by atoms with Gasteiger partial charge in [-0.2, -0.15) is 0 Å². The second-order valence-electron chi connectivity index (χ2n) is 4.08. The van der Waals surface area contributed by atoms with E-state index in [4.69, 9.17) is 0 Å². The van der Waals surface area contributed by atoms with Gasteiger partial charge in [0.05, 0.1) is 0 Å². The lowest BCUT2D eigenvalue weighted by Crippen LogP contribution is -2.21. The van der Waals surface area contributed by atoms with Gasteiger partial charge < -0.3 is 4.90 Å². The first-order chi connectivity index (χ1) is 7.24. The van der Waals surface area contributed by atoms with Crippen molar-refractivity contribution in [3.63, 3.8) is 0 Å². The minimum absolute atomic E-state index is 0.480. The van der Waals surface area contributed by atoms with Gasteiger partial charge in [-0.15, -0.1) is 0 Å². The van der Waals surface area contributed by atoms with Gasteiger partial charge >= 0.3 is 0 Å². The average Bonchev–Trinajstić information content (AvgIpc) is 2.65. The Morgan fingerprint density at radius 3 is 2.20 bits per heavy atom. The van der Waals surface area contributed by atoms with E-state index in [-0.39, 0.29) is 0 Å². The van der Waals surface area contributed by atoms with Gasteiger partial charge in [-0.25, -0.2) is 8.78 Å². The molecule has 15 heavy (non-hydrogen) atoms. The van der Waals surface area contributed by atoms with Crippen molar-refractivity contribution in [2.75, 3.05) is 19.6 Å². The zero-order chi connectivity index (χ0) is 10.7. The first-order valence-electron chi connectivity index (χ1n) is 5.41. The van der Waals surface area contributed by atoms with E-state index in [0.717, 1.165) is 37.7 Å². The summed E-state index contributed by atoms with van der Waals surface area (Å²) in [5.41, 5.74) is 0.749. The van der Waals surface area contributed by atoms with Crippen LogP contribution in [0.5, 0.6) is 0 Å². The van der Waals surface area contributed by atoms with Gasteiger partial charge in [0.15, 0.2) is 0 Å². The first-order valence-corrected chi connectivity index (χ1v) is 5.41. The molecule has 0 bridgehead atoms. The molecule has 1 heterocycles. The highest BCUT2D eigenvalue weighted by Crippen LogP contribution is 2.11. The SMILES string of the molecule is Fc1cc(F)cc(CCN2CCCC2)c1. The molecular weight excluding hydrogens is 196 g/mol. The molecule has 1 aromatic carbocycles. The Morgan fingerprint density at radius 1 is 1.00 bits per heavy atom. The molecule has 0 saturated carbocycles. The molecule has 1 aliphatic heterocycles. The fourth-order valence-corrected chi connectivity index (χ4v) is 2.05. The summed E-state index contributed by atoms with van der Waals surface area (Å²) in [5, 5.41) is 0. The van der Waals surface area contributed by atoms with E-state index in [1.807, 2.05) is 0 Å². The van der Waals surface area contributed by atoms with Crippen LogP contribution >= 0.6 is 0 Å². The second kappa shape index (κ2) is 4.71. The third kappa shape index (κ3) is 2.99. The molecule has 1 nitrogen and oxygen atoms in total. The van der Waals surface area contributed by atoms with Crippen molar-refractivity contribution < 1.29 is 8.78 Å². The average molecular weight is 211 g/mol. The van der Waals surface area contributed by atoms with Crippen molar-refractivity contribution in [3.8, 4) is 0 Å². The number of halogens is 2. The van der Waals surface area contributed by atoms with Crippen molar-refractivity contribution in [2.24, 2.45) is 0 Å². The van der Waals surface area contributed by atoms with E-state index in [2.05, 4.69) is 4.90 Å². The summed E-state index contributed by atoms with van der Waals surface area (Å²) in [6.45, 7) is 3.15. The molecule has 2 rings (SSSR count). The topological polar surface area (TPSA) is 3.24 Å². The second-order valence-corrected chi connectivity index (χ2v) is 4.08. The molecule has 0 aromatic heterocycles. The summed E-state index contributed by atoms with van der Waals surface area (Å²) in [6.07, 6.45) is 3.23. The van der Waals surface area contributed by atoms with Gasteiger partial charge in [-0.05, 0) is 50.0 Å². The van der Waals surface area contributed by atoms with Gasteiger partial charge in [0.25, 0.3) is 0 Å². The van der Waals surface area contributed by atoms with Gasteiger partial charge in [-0.1, -0.05) is 0 Å². The fourth-order valence-electron chi connectivity index (χ4n) is 2.05. The van der Waals surface area contributed by atoms with Crippen molar-refractivity contribution in [1.29, 1.82) is 0 Å². The zero-order valence-corrected chi connectivity index (χ0v) is 8.68. The van der Waals surface area contributed by atoms with Gasteiger partial charge in [0.2, 0.25) is 0 Å². The van der Waals surface area contributed by atoms with E-state index < -0.39 is 11.6 Å². The molecule has 0 unspecified atom stereocenters. The predicted molar refractivity (Wildman–Crippen MR) is 55.7 cm³/mol. The largest absolute Gasteiger partial charge is 0.303 e. The van der Waals surface area contributed by atoms with Gasteiger partial charge in [0, 0.05) is 12.6 Å². The van der Waals surface area contributed by atoms with Crippen molar-refractivity contribution >= 4 is 0 Å². The highest BCUT2D eigenvalue weighted by Gasteiger charge is 2.11.